The first-order chi connectivity index (χ1) is 15.9. The number of aromatic nitrogens is 3. The van der Waals surface area contributed by atoms with E-state index in [-0.39, 0.29) is 23.1 Å². The monoisotopic (exact) mass is 457 g/mol. The van der Waals surface area contributed by atoms with Gasteiger partial charge in [0, 0.05) is 47.0 Å². The van der Waals surface area contributed by atoms with E-state index in [1.165, 1.54) is 28.4 Å². The van der Waals surface area contributed by atoms with Crippen molar-refractivity contribution in [3.05, 3.63) is 71.4 Å². The molecule has 2 aromatic carbocycles. The highest BCUT2D eigenvalue weighted by molar-refractivity contribution is 7.21. The van der Waals surface area contributed by atoms with Crippen molar-refractivity contribution < 1.29 is 14.7 Å². The van der Waals surface area contributed by atoms with Crippen LogP contribution in [0.4, 0.5) is 5.69 Å². The number of hydrogen-bond donors (Lipinski definition) is 3. The highest BCUT2D eigenvalue weighted by Crippen LogP contribution is 2.35. The Labute approximate surface area is 192 Å². The molecule has 33 heavy (non-hydrogen) atoms. The number of benzene rings is 2. The molecule has 3 heterocycles. The summed E-state index contributed by atoms with van der Waals surface area (Å²) < 4.78 is 0.971. The van der Waals surface area contributed by atoms with Crippen LogP contribution in [0, 0.1) is 0 Å². The smallest absolute Gasteiger partial charge is 0.265 e. The molecule has 5 aromatic rings. The molecule has 3 aromatic heterocycles. The van der Waals surface area contributed by atoms with Crippen LogP contribution < -0.4 is 5.32 Å². The predicted octanol–water partition coefficient (Wildman–Crippen LogP) is 4.50. The van der Waals surface area contributed by atoms with Gasteiger partial charge in [0.1, 0.15) is 5.75 Å². The zero-order valence-corrected chi connectivity index (χ0v) is 18.6. The molecule has 0 aliphatic heterocycles. The van der Waals surface area contributed by atoms with Gasteiger partial charge in [-0.05, 0) is 42.0 Å². The fourth-order valence-corrected chi connectivity index (χ4v) is 4.61. The minimum atomic E-state index is -0.349. The number of carbonyl (C=O) groups is 2. The van der Waals surface area contributed by atoms with E-state index < -0.39 is 0 Å². The number of phenols is 1. The first kappa shape index (κ1) is 20.7. The van der Waals surface area contributed by atoms with E-state index in [9.17, 15) is 14.7 Å². The van der Waals surface area contributed by atoms with Crippen molar-refractivity contribution in [2.75, 3.05) is 19.4 Å². The minimum absolute atomic E-state index is 0.124. The predicted molar refractivity (Wildman–Crippen MR) is 129 cm³/mol. The SMILES string of the molecule is CN(C)C(=O)c1cc(NC(=O)c2cc3c(-c4cnc5[nH]ncc5c4)cccc3s2)ccc1O. The molecular weight excluding hydrogens is 438 g/mol. The number of fused-ring (bicyclic) bond motifs is 2. The number of rotatable bonds is 4. The zero-order chi connectivity index (χ0) is 23.1. The van der Waals surface area contributed by atoms with Gasteiger partial charge in [0.25, 0.3) is 11.8 Å². The quantitative estimate of drug-likeness (QED) is 0.344. The average Bonchev–Trinajstić information content (AvgIpc) is 3.46. The van der Waals surface area contributed by atoms with Gasteiger partial charge in [0.05, 0.1) is 16.6 Å². The standard InChI is InChI=1S/C24H19N5O3S/c1-29(2)24(32)18-9-15(6-7-19(18)30)27-23(31)21-10-17-16(4-3-5-20(17)33-21)13-8-14-12-26-28-22(14)25-11-13/h3-12,30H,1-2H3,(H,27,31)(H,25,26,28). The lowest BCUT2D eigenvalue weighted by atomic mass is 10.0. The van der Waals surface area contributed by atoms with Crippen molar-refractivity contribution in [3.63, 3.8) is 0 Å². The molecule has 8 nitrogen and oxygen atoms in total. The molecule has 3 N–H and O–H groups in total. The summed E-state index contributed by atoms with van der Waals surface area (Å²) in [5.41, 5.74) is 3.18. The zero-order valence-electron chi connectivity index (χ0n) is 17.8. The van der Waals surface area contributed by atoms with E-state index >= 15 is 0 Å². The number of H-pyrrole nitrogens is 1. The van der Waals surface area contributed by atoms with Crippen LogP contribution in [-0.4, -0.2) is 51.1 Å². The van der Waals surface area contributed by atoms with Crippen LogP contribution in [0.2, 0.25) is 0 Å². The molecule has 0 radical (unpaired) electrons. The number of carbonyl (C=O) groups excluding carboxylic acids is 2. The van der Waals surface area contributed by atoms with Gasteiger partial charge in [-0.2, -0.15) is 5.10 Å². The minimum Gasteiger partial charge on any atom is -0.507 e. The molecule has 0 aliphatic carbocycles. The summed E-state index contributed by atoms with van der Waals surface area (Å²) in [4.78, 5) is 31.6. The normalized spacial score (nSPS) is 11.1. The van der Waals surface area contributed by atoms with Crippen LogP contribution >= 0.6 is 11.3 Å². The van der Waals surface area contributed by atoms with Gasteiger partial charge in [-0.15, -0.1) is 11.3 Å². The van der Waals surface area contributed by atoms with Gasteiger partial charge in [0.2, 0.25) is 0 Å². The first-order valence-electron chi connectivity index (χ1n) is 10.1. The molecule has 0 fully saturated rings. The van der Waals surface area contributed by atoms with Gasteiger partial charge in [0.15, 0.2) is 5.65 Å². The fraction of sp³-hybridized carbons (Fsp3) is 0.0833. The maximum atomic E-state index is 13.0. The summed E-state index contributed by atoms with van der Waals surface area (Å²) in [7, 11) is 3.20. The summed E-state index contributed by atoms with van der Waals surface area (Å²) in [6, 6.07) is 14.2. The number of aromatic hydroxyl groups is 1. The van der Waals surface area contributed by atoms with Crippen LogP contribution in [-0.2, 0) is 0 Å². The number of hydrogen-bond acceptors (Lipinski definition) is 6. The molecule has 5 rings (SSSR count). The Bertz CT molecular complexity index is 1540. The molecule has 0 bridgehead atoms. The van der Waals surface area contributed by atoms with Crippen LogP contribution in [0.1, 0.15) is 20.0 Å². The third kappa shape index (κ3) is 3.79. The molecule has 0 saturated heterocycles. The van der Waals surface area contributed by atoms with Gasteiger partial charge < -0.3 is 15.3 Å². The molecule has 2 amide bonds. The van der Waals surface area contributed by atoms with Crippen molar-refractivity contribution in [1.82, 2.24) is 20.1 Å². The molecular formula is C24H19N5O3S. The number of aromatic amines is 1. The number of nitrogens with one attached hydrogen (secondary N) is 2. The fourth-order valence-electron chi connectivity index (χ4n) is 3.63. The lowest BCUT2D eigenvalue weighted by Gasteiger charge is -2.13. The molecule has 0 spiro atoms. The van der Waals surface area contributed by atoms with E-state index in [0.717, 1.165) is 32.2 Å². The number of pyridine rings is 1. The largest absolute Gasteiger partial charge is 0.507 e. The van der Waals surface area contributed by atoms with Crippen molar-refractivity contribution >= 4 is 50.0 Å². The van der Waals surface area contributed by atoms with Crippen molar-refractivity contribution in [2.45, 2.75) is 0 Å². The topological polar surface area (TPSA) is 111 Å². The lowest BCUT2D eigenvalue weighted by molar-refractivity contribution is 0.0824. The Kier molecular flexibility index (Phi) is 5.02. The second kappa shape index (κ2) is 8.03. The second-order valence-electron chi connectivity index (χ2n) is 7.75. The Morgan fingerprint density at radius 1 is 1.09 bits per heavy atom. The number of phenolic OH excluding ortho intramolecular Hbond substituents is 1. The molecule has 9 heteroatoms. The first-order valence-corrected chi connectivity index (χ1v) is 10.9. The number of anilines is 1. The summed E-state index contributed by atoms with van der Waals surface area (Å²) in [6.07, 6.45) is 3.51. The van der Waals surface area contributed by atoms with E-state index in [0.29, 0.717) is 10.6 Å². The summed E-state index contributed by atoms with van der Waals surface area (Å²) in [5.74, 6) is -0.779. The van der Waals surface area contributed by atoms with Gasteiger partial charge in [-0.25, -0.2) is 4.98 Å². The third-order valence-electron chi connectivity index (χ3n) is 5.28. The highest BCUT2D eigenvalue weighted by atomic mass is 32.1. The molecule has 0 saturated carbocycles. The highest BCUT2D eigenvalue weighted by Gasteiger charge is 2.17. The number of thiophene rings is 1. The number of amides is 2. The third-order valence-corrected chi connectivity index (χ3v) is 6.38. The molecule has 164 valence electrons. The van der Waals surface area contributed by atoms with Gasteiger partial charge in [-0.3, -0.25) is 14.7 Å². The Balaban J connectivity index is 1.47. The van der Waals surface area contributed by atoms with Crippen LogP contribution in [0.15, 0.2) is 60.9 Å². The van der Waals surface area contributed by atoms with Gasteiger partial charge in [-0.1, -0.05) is 12.1 Å². The molecule has 0 atom stereocenters. The van der Waals surface area contributed by atoms with Crippen molar-refractivity contribution in [3.8, 4) is 16.9 Å². The Morgan fingerprint density at radius 3 is 2.76 bits per heavy atom. The van der Waals surface area contributed by atoms with Crippen LogP contribution in [0.3, 0.4) is 0 Å². The molecule has 0 unspecified atom stereocenters. The number of nitrogens with zero attached hydrogens (tertiary/aromatic N) is 3. The van der Waals surface area contributed by atoms with E-state index in [1.807, 2.05) is 30.3 Å². The maximum Gasteiger partial charge on any atom is 0.265 e. The van der Waals surface area contributed by atoms with E-state index in [4.69, 9.17) is 0 Å². The summed E-state index contributed by atoms with van der Waals surface area (Å²) >= 11 is 1.38. The summed E-state index contributed by atoms with van der Waals surface area (Å²) in [5, 5.41) is 21.6. The lowest BCUT2D eigenvalue weighted by Crippen LogP contribution is -2.22. The molecule has 0 aliphatic rings. The van der Waals surface area contributed by atoms with E-state index in [2.05, 4.69) is 20.5 Å². The maximum absolute atomic E-state index is 13.0. The second-order valence-corrected chi connectivity index (χ2v) is 8.83. The van der Waals surface area contributed by atoms with Crippen LogP contribution in [0.5, 0.6) is 5.75 Å². The Morgan fingerprint density at radius 2 is 1.94 bits per heavy atom. The van der Waals surface area contributed by atoms with Crippen molar-refractivity contribution in [1.29, 1.82) is 0 Å². The Hall–Kier alpha value is -4.24. The van der Waals surface area contributed by atoms with Crippen LogP contribution in [0.25, 0.3) is 32.2 Å². The van der Waals surface area contributed by atoms with Crippen molar-refractivity contribution in [2.24, 2.45) is 0 Å². The van der Waals surface area contributed by atoms with E-state index in [1.54, 1.807) is 32.6 Å². The summed E-state index contributed by atoms with van der Waals surface area (Å²) in [6.45, 7) is 0. The van der Waals surface area contributed by atoms with Gasteiger partial charge >= 0.3 is 0 Å². The average molecular weight is 458 g/mol.